The molecule has 1 N–H and O–H groups in total. The molecule has 0 radical (unpaired) electrons. The first-order valence-corrected chi connectivity index (χ1v) is 8.54. The van der Waals surface area contributed by atoms with Gasteiger partial charge in [-0.1, -0.05) is 42.2 Å². The van der Waals surface area contributed by atoms with Crippen molar-refractivity contribution < 1.29 is 19.4 Å². The molecule has 24 heavy (non-hydrogen) atoms. The van der Waals surface area contributed by atoms with Crippen molar-refractivity contribution in [1.29, 1.82) is 0 Å². The topological polar surface area (TPSA) is 60.3 Å². The molecule has 0 bridgehead atoms. The number of rotatable bonds is 11. The van der Waals surface area contributed by atoms with Crippen LogP contribution in [0.3, 0.4) is 0 Å². The zero-order valence-electron chi connectivity index (χ0n) is 13.9. The first kappa shape index (κ1) is 20.6. The van der Waals surface area contributed by atoms with E-state index in [4.69, 9.17) is 42.6 Å². The molecule has 0 saturated heterocycles. The number of hydrogen-bond acceptors (Lipinski definition) is 5. The van der Waals surface area contributed by atoms with Crippen LogP contribution in [0.5, 0.6) is 11.5 Å². The Morgan fingerprint density at radius 3 is 2.29 bits per heavy atom. The smallest absolute Gasteiger partial charge is 0.126 e. The highest BCUT2D eigenvalue weighted by Gasteiger charge is 2.11. The molecular formula is C17H23Cl2NO4. The second-order valence-corrected chi connectivity index (χ2v) is 5.81. The van der Waals surface area contributed by atoms with Gasteiger partial charge < -0.3 is 19.4 Å². The Hall–Kier alpha value is -1.43. The molecule has 0 atom stereocenters. The fourth-order valence-corrected chi connectivity index (χ4v) is 2.22. The highest BCUT2D eigenvalue weighted by Crippen LogP contribution is 2.31. The van der Waals surface area contributed by atoms with Crippen molar-refractivity contribution >= 4 is 29.4 Å². The fraction of sp³-hybridized carbons (Fsp3) is 0.471. The highest BCUT2D eigenvalue weighted by atomic mass is 35.5. The molecule has 0 aliphatic heterocycles. The molecule has 0 amide bonds. The van der Waals surface area contributed by atoms with E-state index < -0.39 is 0 Å². The highest BCUT2D eigenvalue weighted by molar-refractivity contribution is 6.55. The van der Waals surface area contributed by atoms with E-state index in [1.807, 2.05) is 12.1 Å². The number of hydrogen-bond donors (Lipinski definition) is 1. The predicted octanol–water partition coefficient (Wildman–Crippen LogP) is 4.36. The van der Waals surface area contributed by atoms with Crippen LogP contribution in [0, 0.1) is 0 Å². The Morgan fingerprint density at radius 2 is 1.75 bits per heavy atom. The zero-order chi connectivity index (χ0) is 17.8. The molecule has 0 saturated carbocycles. The molecule has 1 aromatic carbocycles. The van der Waals surface area contributed by atoms with Crippen molar-refractivity contribution in [3.8, 4) is 11.5 Å². The van der Waals surface area contributed by atoms with Crippen molar-refractivity contribution in [3.05, 3.63) is 33.8 Å². The van der Waals surface area contributed by atoms with Gasteiger partial charge in [-0.3, -0.25) is 0 Å². The lowest BCUT2D eigenvalue weighted by Crippen LogP contribution is -2.10. The summed E-state index contributed by atoms with van der Waals surface area (Å²) in [5.74, 6) is 1.63. The van der Waals surface area contributed by atoms with Crippen molar-refractivity contribution in [2.45, 2.75) is 26.7 Å². The van der Waals surface area contributed by atoms with Crippen LogP contribution in [0.15, 0.2) is 27.9 Å². The Bertz CT molecular complexity index is 533. The lowest BCUT2D eigenvalue weighted by atomic mass is 10.0. The maximum absolute atomic E-state index is 8.28. The summed E-state index contributed by atoms with van der Waals surface area (Å²) in [6.07, 6.45) is 4.52. The maximum atomic E-state index is 8.28. The van der Waals surface area contributed by atoms with Crippen LogP contribution in [0.1, 0.15) is 25.0 Å². The quantitative estimate of drug-likeness (QED) is 0.270. The van der Waals surface area contributed by atoms with Gasteiger partial charge in [0.25, 0.3) is 0 Å². The molecule has 0 aliphatic rings. The molecule has 5 nitrogen and oxygen atoms in total. The molecule has 0 unspecified atom stereocenters. The van der Waals surface area contributed by atoms with Crippen LogP contribution in [0.4, 0.5) is 0 Å². The molecule has 134 valence electrons. The van der Waals surface area contributed by atoms with Gasteiger partial charge in [0, 0.05) is 0 Å². The minimum atomic E-state index is 0.188. The average Bonchev–Trinajstić information content (AvgIpc) is 2.57. The van der Waals surface area contributed by atoms with Gasteiger partial charge in [0.15, 0.2) is 0 Å². The molecule has 0 aliphatic carbocycles. The Morgan fingerprint density at radius 1 is 1.08 bits per heavy atom. The van der Waals surface area contributed by atoms with Crippen LogP contribution in [0.2, 0.25) is 0 Å². The lowest BCUT2D eigenvalue weighted by molar-refractivity contribution is 0.127. The minimum absolute atomic E-state index is 0.188. The molecule has 7 heteroatoms. The van der Waals surface area contributed by atoms with Gasteiger partial charge in [0.05, 0.1) is 19.4 Å². The summed E-state index contributed by atoms with van der Waals surface area (Å²) in [6.45, 7) is 5.53. The number of aryl methyl sites for hydroxylation is 2. The molecule has 0 heterocycles. The number of nitrogens with zero attached hydrogens (tertiary/aromatic N) is 1. The van der Waals surface area contributed by atoms with Crippen molar-refractivity contribution in [3.63, 3.8) is 0 Å². The van der Waals surface area contributed by atoms with E-state index in [2.05, 4.69) is 19.0 Å². The minimum Gasteiger partial charge on any atom is -0.491 e. The third kappa shape index (κ3) is 7.43. The maximum Gasteiger partial charge on any atom is 0.126 e. The summed E-state index contributed by atoms with van der Waals surface area (Å²) in [7, 11) is 0. The third-order valence-corrected chi connectivity index (χ3v) is 3.52. The van der Waals surface area contributed by atoms with Gasteiger partial charge >= 0.3 is 0 Å². The molecule has 0 aromatic heterocycles. The summed E-state index contributed by atoms with van der Waals surface area (Å²) < 4.78 is 17.0. The van der Waals surface area contributed by atoms with Crippen molar-refractivity contribution in [2.75, 3.05) is 26.4 Å². The van der Waals surface area contributed by atoms with Gasteiger partial charge in [-0.15, -0.1) is 0 Å². The molecular weight excluding hydrogens is 353 g/mol. The average molecular weight is 376 g/mol. The van der Waals surface area contributed by atoms with Gasteiger partial charge in [-0.05, 0) is 42.2 Å². The lowest BCUT2D eigenvalue weighted by Gasteiger charge is -2.17. The van der Waals surface area contributed by atoms with Crippen LogP contribution in [0.25, 0.3) is 0 Å². The first-order valence-electron chi connectivity index (χ1n) is 7.78. The summed E-state index contributed by atoms with van der Waals surface area (Å²) in [4.78, 5) is 0. The second-order valence-electron chi connectivity index (χ2n) is 4.80. The number of oxime groups is 1. The van der Waals surface area contributed by atoms with E-state index in [-0.39, 0.29) is 11.1 Å². The number of halogens is 2. The molecule has 1 aromatic rings. The van der Waals surface area contributed by atoms with Crippen molar-refractivity contribution in [2.24, 2.45) is 5.16 Å². The van der Waals surface area contributed by atoms with E-state index >= 15 is 0 Å². The summed E-state index contributed by atoms with van der Waals surface area (Å²) in [5, 5.41) is 11.1. The Labute approximate surface area is 152 Å². The van der Waals surface area contributed by atoms with Crippen LogP contribution in [-0.2, 0) is 17.6 Å². The SMILES string of the molecule is CCc1cc(OCC=C(Cl)Cl)cc(CC)c1OCCOC/C=N\O. The monoisotopic (exact) mass is 375 g/mol. The van der Waals surface area contributed by atoms with Gasteiger partial charge in [0.2, 0.25) is 0 Å². The van der Waals surface area contributed by atoms with Crippen LogP contribution >= 0.6 is 23.2 Å². The largest absolute Gasteiger partial charge is 0.491 e. The first-order chi connectivity index (χ1) is 11.6. The normalized spacial score (nSPS) is 10.8. The molecule has 1 rings (SSSR count). The standard InChI is InChI=1S/C17H23Cl2NO4/c1-3-13-11-15(23-7-5-16(18)19)12-14(4-2)17(13)24-10-9-22-8-6-20-21/h5-6,11-12,21H,3-4,7-10H2,1-2H3/b20-6-. The Kier molecular flexibility index (Phi) is 10.3. The predicted molar refractivity (Wildman–Crippen MR) is 97.1 cm³/mol. The second kappa shape index (κ2) is 12.0. The number of ether oxygens (including phenoxy) is 3. The van der Waals surface area contributed by atoms with Gasteiger partial charge in [0.1, 0.15) is 29.2 Å². The third-order valence-electron chi connectivity index (χ3n) is 3.21. The van der Waals surface area contributed by atoms with Crippen molar-refractivity contribution in [1.82, 2.24) is 0 Å². The fourth-order valence-electron chi connectivity index (χ4n) is 2.09. The van der Waals surface area contributed by atoms with Gasteiger partial charge in [-0.25, -0.2) is 0 Å². The van der Waals surface area contributed by atoms with E-state index in [0.29, 0.717) is 19.8 Å². The molecule has 0 spiro atoms. The van der Waals surface area contributed by atoms with Gasteiger partial charge in [-0.2, -0.15) is 0 Å². The summed E-state index contributed by atoms with van der Waals surface area (Å²) in [6, 6.07) is 3.92. The Balaban J connectivity index is 2.74. The van der Waals surface area contributed by atoms with E-state index in [0.717, 1.165) is 35.5 Å². The van der Waals surface area contributed by atoms with E-state index in [1.54, 1.807) is 6.08 Å². The zero-order valence-corrected chi connectivity index (χ0v) is 15.4. The van der Waals surface area contributed by atoms with E-state index in [9.17, 15) is 0 Å². The van der Waals surface area contributed by atoms with E-state index in [1.165, 1.54) is 6.21 Å². The summed E-state index contributed by atoms with van der Waals surface area (Å²) >= 11 is 11.2. The number of benzene rings is 1. The molecule has 0 fully saturated rings. The van der Waals surface area contributed by atoms with Crippen LogP contribution < -0.4 is 9.47 Å². The summed E-state index contributed by atoms with van der Waals surface area (Å²) in [5.41, 5.74) is 2.14. The van der Waals surface area contributed by atoms with Crippen LogP contribution in [-0.4, -0.2) is 37.8 Å².